The molecule has 0 spiro atoms. The predicted molar refractivity (Wildman–Crippen MR) is 88.7 cm³/mol. The molecular formula is C14H17BrF3N3O4S. The maximum Gasteiger partial charge on any atom is 0.492 e. The monoisotopic (exact) mass is 459 g/mol. The molecule has 1 N–H and O–H groups in total. The quantitative estimate of drug-likeness (QED) is 0.534. The first kappa shape index (κ1) is 21.1. The number of sulfonamides is 1. The molecule has 0 saturated heterocycles. The molecule has 0 amide bonds. The van der Waals surface area contributed by atoms with Crippen molar-refractivity contribution in [2.24, 2.45) is 0 Å². The van der Waals surface area contributed by atoms with E-state index < -0.39 is 27.7 Å². The van der Waals surface area contributed by atoms with Crippen LogP contribution in [0.2, 0.25) is 0 Å². The van der Waals surface area contributed by atoms with E-state index in [1.807, 2.05) is 0 Å². The van der Waals surface area contributed by atoms with E-state index in [2.05, 4.69) is 31.1 Å². The average Bonchev–Trinajstić information content (AvgIpc) is 2.57. The van der Waals surface area contributed by atoms with Crippen molar-refractivity contribution in [1.82, 2.24) is 14.8 Å². The van der Waals surface area contributed by atoms with Gasteiger partial charge in [-0.25, -0.2) is 13.2 Å². The Morgan fingerprint density at radius 2 is 2.08 bits per heavy atom. The highest BCUT2D eigenvalue weighted by Crippen LogP contribution is 2.30. The van der Waals surface area contributed by atoms with E-state index in [0.29, 0.717) is 30.8 Å². The molecule has 2 heterocycles. The molecule has 7 nitrogen and oxygen atoms in total. The molecule has 12 heteroatoms. The highest BCUT2D eigenvalue weighted by molar-refractivity contribution is 9.09. The number of fused-ring (bicyclic) bond motifs is 1. The minimum absolute atomic E-state index is 0.0736. The summed E-state index contributed by atoms with van der Waals surface area (Å²) >= 11 is 3.03. The second kappa shape index (κ2) is 7.41. The topological polar surface area (TPSA) is 88.6 Å². The number of halogens is 4. The number of nitrogens with one attached hydrogen (secondary N) is 1. The van der Waals surface area contributed by atoms with Crippen LogP contribution in [0.1, 0.15) is 25.1 Å². The Labute approximate surface area is 157 Å². The Morgan fingerprint density at radius 3 is 2.65 bits per heavy atom. The van der Waals surface area contributed by atoms with Gasteiger partial charge in [0, 0.05) is 36.7 Å². The van der Waals surface area contributed by atoms with E-state index in [4.69, 9.17) is 0 Å². The second-order valence-corrected chi connectivity index (χ2v) is 8.57. The number of pyridine rings is 1. The number of carbonyl (C=O) groups is 1. The standard InChI is InChI=1S/C14H17BrF3N3O4S/c1-13(2,8-15)21(25-12(22)14(16,17)18)26(23,24)10-5-9-6-19-4-3-11(9)20-7-10/h5,7,19H,3-4,6,8H2,1-2H3. The molecule has 1 aromatic heterocycles. The fourth-order valence-electron chi connectivity index (χ4n) is 2.24. The van der Waals surface area contributed by atoms with E-state index in [9.17, 15) is 26.4 Å². The molecule has 0 aromatic carbocycles. The zero-order chi connectivity index (χ0) is 19.8. The molecule has 1 aromatic rings. The molecule has 0 aliphatic carbocycles. The van der Waals surface area contributed by atoms with Crippen LogP contribution in [0.5, 0.6) is 0 Å². The van der Waals surface area contributed by atoms with Gasteiger partial charge in [-0.3, -0.25) is 4.98 Å². The molecular weight excluding hydrogens is 443 g/mol. The van der Waals surface area contributed by atoms with E-state index in [-0.39, 0.29) is 14.7 Å². The van der Waals surface area contributed by atoms with Crippen LogP contribution in [0.25, 0.3) is 0 Å². The van der Waals surface area contributed by atoms with Crippen molar-refractivity contribution in [2.75, 3.05) is 11.9 Å². The van der Waals surface area contributed by atoms with Crippen molar-refractivity contribution in [3.8, 4) is 0 Å². The molecule has 0 unspecified atom stereocenters. The van der Waals surface area contributed by atoms with Gasteiger partial charge in [0.2, 0.25) is 0 Å². The van der Waals surface area contributed by atoms with Gasteiger partial charge in [0.1, 0.15) is 4.90 Å². The number of rotatable bonds is 5. The molecule has 26 heavy (non-hydrogen) atoms. The smallest absolute Gasteiger partial charge is 0.345 e. The minimum Gasteiger partial charge on any atom is -0.345 e. The number of nitrogens with zero attached hydrogens (tertiary/aromatic N) is 2. The Balaban J connectivity index is 2.47. The molecule has 0 atom stereocenters. The average molecular weight is 460 g/mol. The third-order valence-corrected chi connectivity index (χ3v) is 6.82. The van der Waals surface area contributed by atoms with Crippen molar-refractivity contribution >= 4 is 31.9 Å². The van der Waals surface area contributed by atoms with E-state index in [1.165, 1.54) is 19.9 Å². The van der Waals surface area contributed by atoms with Gasteiger partial charge in [0.05, 0.1) is 5.54 Å². The first-order valence-corrected chi connectivity index (χ1v) is 10.0. The summed E-state index contributed by atoms with van der Waals surface area (Å²) in [5, 5.41) is 2.97. The van der Waals surface area contributed by atoms with Crippen LogP contribution in [-0.2, 0) is 32.6 Å². The summed E-state index contributed by atoms with van der Waals surface area (Å²) in [6.45, 7) is 3.71. The van der Waals surface area contributed by atoms with Crippen LogP contribution < -0.4 is 5.32 Å². The summed E-state index contributed by atoms with van der Waals surface area (Å²) in [6.07, 6.45) is -3.68. The Bertz CT molecular complexity index is 799. The molecule has 1 aliphatic rings. The highest BCUT2D eigenvalue weighted by Gasteiger charge is 2.48. The number of carbonyl (C=O) groups excluding carboxylic acids is 1. The fourth-order valence-corrected chi connectivity index (χ4v) is 4.18. The lowest BCUT2D eigenvalue weighted by molar-refractivity contribution is -0.231. The maximum absolute atomic E-state index is 12.9. The molecule has 146 valence electrons. The summed E-state index contributed by atoms with van der Waals surface area (Å²) in [5.41, 5.74) is -0.147. The van der Waals surface area contributed by atoms with Crippen molar-refractivity contribution in [2.45, 2.75) is 43.4 Å². The molecule has 0 fully saturated rings. The molecule has 0 radical (unpaired) electrons. The lowest BCUT2D eigenvalue weighted by Gasteiger charge is -2.34. The number of hydrogen-bond acceptors (Lipinski definition) is 6. The second-order valence-electron chi connectivity index (χ2n) is 6.26. The van der Waals surface area contributed by atoms with Crippen molar-refractivity contribution in [3.05, 3.63) is 23.5 Å². The largest absolute Gasteiger partial charge is 0.492 e. The molecule has 0 bridgehead atoms. The van der Waals surface area contributed by atoms with Crippen LogP contribution in [-0.4, -0.2) is 47.4 Å². The van der Waals surface area contributed by atoms with E-state index in [1.54, 1.807) is 0 Å². The van der Waals surface area contributed by atoms with Gasteiger partial charge in [-0.1, -0.05) is 15.9 Å². The van der Waals surface area contributed by atoms with Crippen LogP contribution in [0, 0.1) is 0 Å². The molecule has 2 rings (SSSR count). The molecule has 1 aliphatic heterocycles. The van der Waals surface area contributed by atoms with Crippen LogP contribution in [0.15, 0.2) is 17.2 Å². The highest BCUT2D eigenvalue weighted by atomic mass is 79.9. The third kappa shape index (κ3) is 4.35. The first-order chi connectivity index (χ1) is 11.9. The van der Waals surface area contributed by atoms with Crippen LogP contribution >= 0.6 is 15.9 Å². The summed E-state index contributed by atoms with van der Waals surface area (Å²) in [4.78, 5) is 19.2. The zero-order valence-corrected chi connectivity index (χ0v) is 16.3. The summed E-state index contributed by atoms with van der Waals surface area (Å²) < 4.78 is 63.6. The number of aromatic nitrogens is 1. The van der Waals surface area contributed by atoms with Crippen LogP contribution in [0.4, 0.5) is 13.2 Å². The van der Waals surface area contributed by atoms with Gasteiger partial charge in [-0.2, -0.15) is 13.2 Å². The summed E-state index contributed by atoms with van der Waals surface area (Å²) in [6, 6.07) is 1.32. The number of alkyl halides is 4. The zero-order valence-electron chi connectivity index (χ0n) is 13.9. The predicted octanol–water partition coefficient (Wildman–Crippen LogP) is 1.91. The number of hydroxylamine groups is 1. The van der Waals surface area contributed by atoms with E-state index in [0.717, 1.165) is 6.20 Å². The minimum atomic E-state index is -5.34. The Kier molecular flexibility index (Phi) is 6.00. The lowest BCUT2D eigenvalue weighted by atomic mass is 10.1. The normalized spacial score (nSPS) is 15.7. The van der Waals surface area contributed by atoms with E-state index >= 15 is 0 Å². The Hall–Kier alpha value is -1.24. The maximum atomic E-state index is 12.9. The van der Waals surface area contributed by atoms with Gasteiger partial charge in [0.15, 0.2) is 0 Å². The Morgan fingerprint density at radius 1 is 1.42 bits per heavy atom. The van der Waals surface area contributed by atoms with Gasteiger partial charge in [0.25, 0.3) is 10.0 Å². The lowest BCUT2D eigenvalue weighted by Crippen LogP contribution is -2.51. The number of hydrogen-bond donors (Lipinski definition) is 1. The van der Waals surface area contributed by atoms with Gasteiger partial charge in [-0.05, 0) is 29.9 Å². The third-order valence-electron chi connectivity index (χ3n) is 3.62. The molecule has 0 saturated carbocycles. The summed E-state index contributed by atoms with van der Waals surface area (Å²) in [5.74, 6) is -2.62. The van der Waals surface area contributed by atoms with Gasteiger partial charge >= 0.3 is 12.1 Å². The van der Waals surface area contributed by atoms with Crippen molar-refractivity contribution < 1.29 is 31.2 Å². The van der Waals surface area contributed by atoms with Crippen LogP contribution in [0.3, 0.4) is 0 Å². The van der Waals surface area contributed by atoms with Gasteiger partial charge in [-0.15, -0.1) is 0 Å². The first-order valence-electron chi connectivity index (χ1n) is 7.48. The van der Waals surface area contributed by atoms with Gasteiger partial charge < -0.3 is 10.2 Å². The summed E-state index contributed by atoms with van der Waals surface area (Å²) in [7, 11) is -4.59. The van der Waals surface area contributed by atoms with Crippen molar-refractivity contribution in [3.63, 3.8) is 0 Å². The fraction of sp³-hybridized carbons (Fsp3) is 0.571. The SMILES string of the molecule is CC(C)(CBr)N(OC(=O)C(F)(F)F)S(=O)(=O)c1cnc2c(c1)CNCC2. The van der Waals surface area contributed by atoms with Crippen molar-refractivity contribution in [1.29, 1.82) is 0 Å².